The number of amides is 4. The summed E-state index contributed by atoms with van der Waals surface area (Å²) in [6.07, 6.45) is -5.63. The normalized spacial score (nSPS) is 16.5. The second-order valence-electron chi connectivity index (χ2n) is 21.5. The molecule has 3 heterocycles. The summed E-state index contributed by atoms with van der Waals surface area (Å²) < 4.78 is 53.3. The van der Waals surface area contributed by atoms with Crippen LogP contribution in [0.25, 0.3) is 32.7 Å². The number of thiazole rings is 1. The van der Waals surface area contributed by atoms with Crippen molar-refractivity contribution < 1.29 is 46.9 Å². The van der Waals surface area contributed by atoms with E-state index in [1.165, 1.54) is 11.0 Å². The van der Waals surface area contributed by atoms with Gasteiger partial charge in [0.1, 0.15) is 35.7 Å². The fourth-order valence-corrected chi connectivity index (χ4v) is 11.2. The minimum atomic E-state index is -4.81. The minimum Gasteiger partial charge on any atom is -0.489 e. The first-order chi connectivity index (χ1) is 38.5. The average molecular weight is 1130 g/mol. The van der Waals surface area contributed by atoms with Crippen molar-refractivity contribution in [2.24, 2.45) is 5.41 Å². The molecular weight excluding hydrogens is 1080 g/mol. The van der Waals surface area contributed by atoms with Gasteiger partial charge in [-0.3, -0.25) is 24.1 Å². The van der Waals surface area contributed by atoms with Crippen LogP contribution in [0.4, 0.5) is 24.5 Å². The van der Waals surface area contributed by atoms with Crippen molar-refractivity contribution in [1.29, 1.82) is 5.26 Å². The van der Waals surface area contributed by atoms with E-state index in [1.807, 2.05) is 113 Å². The molecule has 0 radical (unpaired) electrons. The molecule has 81 heavy (non-hydrogen) atoms. The molecule has 1 unspecified atom stereocenters. The van der Waals surface area contributed by atoms with Crippen molar-refractivity contribution in [2.75, 3.05) is 23.0 Å². The maximum atomic E-state index is 14.1. The third kappa shape index (κ3) is 12.6. The Morgan fingerprint density at radius 3 is 1.93 bits per heavy atom. The summed E-state index contributed by atoms with van der Waals surface area (Å²) >= 11 is 7.23. The molecule has 1 aromatic heterocycles. The van der Waals surface area contributed by atoms with Crippen LogP contribution in [-0.4, -0.2) is 80.6 Å². The van der Waals surface area contributed by atoms with Gasteiger partial charge in [0.05, 0.1) is 45.1 Å². The SMILES string of the molecule is Cc1ncsc1-c1ccc(CNC(=O)C2C[C@@H](O)CN2C(=O)[C@@H](NC(=O)COc2ccc(-c3ccc(-c4ccc(COc5ccc(N6C(=S)N(c7ccc(C#N)c(C(F)(F)F)c7)C(=O)C6(C)C)cc5)cc4)cc3)cc2)C(C)(C)C)cc1. The molecule has 2 aliphatic rings. The average Bonchev–Trinajstić information content (AvgIpc) is 4.29. The highest BCUT2D eigenvalue weighted by molar-refractivity contribution is 7.81. The van der Waals surface area contributed by atoms with E-state index >= 15 is 0 Å². The van der Waals surface area contributed by atoms with E-state index in [2.05, 4.69) is 15.6 Å². The fourth-order valence-electron chi connectivity index (χ4n) is 9.84. The number of halogens is 3. The molecule has 0 aliphatic carbocycles. The number of hydrogen-bond acceptors (Lipinski definition) is 11. The number of benzene rings is 6. The van der Waals surface area contributed by atoms with E-state index in [9.17, 15) is 42.7 Å². The molecule has 4 amide bonds. The minimum absolute atomic E-state index is 0.00566. The summed E-state index contributed by atoms with van der Waals surface area (Å²) in [6, 6.07) is 40.8. The highest BCUT2D eigenvalue weighted by atomic mass is 32.1. The van der Waals surface area contributed by atoms with Gasteiger partial charge in [0.25, 0.3) is 11.8 Å². The first-order valence-corrected chi connectivity index (χ1v) is 27.3. The van der Waals surface area contributed by atoms with Crippen LogP contribution >= 0.6 is 23.6 Å². The molecule has 2 fully saturated rings. The van der Waals surface area contributed by atoms with Gasteiger partial charge in [-0.05, 0) is 132 Å². The molecule has 0 spiro atoms. The lowest BCUT2D eigenvalue weighted by atomic mass is 9.85. The number of nitrogens with one attached hydrogen (secondary N) is 2. The molecule has 0 saturated carbocycles. The summed E-state index contributed by atoms with van der Waals surface area (Å²) in [6.45, 7) is 10.8. The molecule has 2 aliphatic heterocycles. The predicted molar refractivity (Wildman–Crippen MR) is 308 cm³/mol. The Hall–Kier alpha value is -8.44. The summed E-state index contributed by atoms with van der Waals surface area (Å²) in [5.74, 6) is -0.894. The zero-order chi connectivity index (χ0) is 58.0. The number of aliphatic hydroxyl groups excluding tert-OH is 1. The Kier molecular flexibility index (Phi) is 16.5. The van der Waals surface area contributed by atoms with Crippen LogP contribution in [0.2, 0.25) is 0 Å². The number of hydrogen-bond donors (Lipinski definition) is 3. The lowest BCUT2D eigenvalue weighted by Gasteiger charge is -2.35. The summed E-state index contributed by atoms with van der Waals surface area (Å²) in [4.78, 5) is 64.1. The quantitative estimate of drug-likeness (QED) is 0.0785. The van der Waals surface area contributed by atoms with Gasteiger partial charge in [0, 0.05) is 25.2 Å². The maximum absolute atomic E-state index is 14.1. The summed E-state index contributed by atoms with van der Waals surface area (Å²) in [7, 11) is 0. The second kappa shape index (κ2) is 23.3. The third-order valence-electron chi connectivity index (χ3n) is 14.3. The molecule has 14 nitrogen and oxygen atoms in total. The Bertz CT molecular complexity index is 3520. The van der Waals surface area contributed by atoms with E-state index in [4.69, 9.17) is 21.7 Å². The lowest BCUT2D eigenvalue weighted by Crippen LogP contribution is -2.58. The van der Waals surface area contributed by atoms with Gasteiger partial charge in [-0.1, -0.05) is 106 Å². The van der Waals surface area contributed by atoms with Crippen LogP contribution < -0.4 is 29.9 Å². The maximum Gasteiger partial charge on any atom is 0.417 e. The largest absolute Gasteiger partial charge is 0.489 e. The van der Waals surface area contributed by atoms with Gasteiger partial charge in [0.2, 0.25) is 11.8 Å². The Morgan fingerprint density at radius 1 is 0.815 bits per heavy atom. The first-order valence-electron chi connectivity index (χ1n) is 26.0. The van der Waals surface area contributed by atoms with Crippen LogP contribution in [-0.2, 0) is 38.5 Å². The lowest BCUT2D eigenvalue weighted by molar-refractivity contribution is -0.144. The number of anilines is 2. The van der Waals surface area contributed by atoms with Crippen LogP contribution in [0.5, 0.6) is 11.5 Å². The monoisotopic (exact) mass is 1130 g/mol. The van der Waals surface area contributed by atoms with Crippen molar-refractivity contribution in [2.45, 2.75) is 91.0 Å². The van der Waals surface area contributed by atoms with Crippen molar-refractivity contribution in [3.8, 4) is 50.3 Å². The number of β-amino-alcohol motifs (C(OH)–C–C–N with tert-alkyl or cyclic N) is 1. The van der Waals surface area contributed by atoms with Crippen LogP contribution in [0, 0.1) is 23.7 Å². The highest BCUT2D eigenvalue weighted by Crippen LogP contribution is 2.40. The smallest absolute Gasteiger partial charge is 0.417 e. The van der Waals surface area contributed by atoms with Crippen molar-refractivity contribution in [1.82, 2.24) is 20.5 Å². The molecular formula is C62H58F3N7O7S2. The van der Waals surface area contributed by atoms with Crippen molar-refractivity contribution in [3.05, 3.63) is 173 Å². The summed E-state index contributed by atoms with van der Waals surface area (Å²) in [5, 5.41) is 25.7. The number of nitriles is 1. The molecule has 416 valence electrons. The van der Waals surface area contributed by atoms with Gasteiger partial charge in [-0.25, -0.2) is 4.98 Å². The fraction of sp³-hybridized carbons (Fsp3) is 0.274. The zero-order valence-electron chi connectivity index (χ0n) is 45.2. The number of alkyl halides is 3. The molecule has 3 atom stereocenters. The molecule has 19 heteroatoms. The number of thiocarbonyl (C=S) groups is 1. The van der Waals surface area contributed by atoms with Crippen LogP contribution in [0.15, 0.2) is 145 Å². The van der Waals surface area contributed by atoms with Crippen LogP contribution in [0.1, 0.15) is 69.0 Å². The summed E-state index contributed by atoms with van der Waals surface area (Å²) in [5.41, 5.74) is 6.23. The number of aromatic nitrogens is 1. The van der Waals surface area contributed by atoms with E-state index in [0.717, 1.165) is 66.5 Å². The molecule has 0 bridgehead atoms. The van der Waals surface area contributed by atoms with E-state index in [0.29, 0.717) is 17.2 Å². The molecule has 2 saturated heterocycles. The number of aliphatic hydroxyl groups is 1. The van der Waals surface area contributed by atoms with E-state index < -0.39 is 64.2 Å². The van der Waals surface area contributed by atoms with Gasteiger partial charge >= 0.3 is 6.18 Å². The predicted octanol–water partition coefficient (Wildman–Crippen LogP) is 11.0. The van der Waals surface area contributed by atoms with E-state index in [1.54, 1.807) is 78.1 Å². The standard InChI is InChI=1S/C62H58F3N7O7S2/c1-37-54(81-36-68-37)44-13-7-38(8-14-44)32-67-56(75)52-30-48(73)33-70(52)57(76)55(60(2,3)4)69-53(74)35-79-49-25-20-43(21-26-49)42-17-15-41(16-18-42)40-11-9-39(10-12-40)34-78-50-27-23-46(24-28-50)72-59(80)71(58(77)61(72,5)6)47-22-19-45(31-66)51(29-47)62(63,64)65/h7-29,36,48,52,55,73H,30,32-35H2,1-6H3,(H,67,75)(H,69,74)/t48-,52?,55-/m1/s1. The number of rotatable bonds is 16. The molecule has 7 aromatic rings. The van der Waals surface area contributed by atoms with Crippen LogP contribution in [0.3, 0.4) is 0 Å². The van der Waals surface area contributed by atoms with Gasteiger partial charge < -0.3 is 35.0 Å². The van der Waals surface area contributed by atoms with Gasteiger partial charge in [-0.2, -0.15) is 18.4 Å². The van der Waals surface area contributed by atoms with Gasteiger partial charge in [-0.15, -0.1) is 11.3 Å². The topological polar surface area (TPSA) is 177 Å². The van der Waals surface area contributed by atoms with Crippen molar-refractivity contribution >= 4 is 63.7 Å². The number of carbonyl (C=O) groups excluding carboxylic acids is 4. The molecule has 6 aromatic carbocycles. The number of aryl methyl sites for hydroxylation is 1. The zero-order valence-corrected chi connectivity index (χ0v) is 46.8. The first kappa shape index (κ1) is 57.3. The Balaban J connectivity index is 0.745. The highest BCUT2D eigenvalue weighted by Gasteiger charge is 2.51. The third-order valence-corrected chi connectivity index (χ3v) is 15.6. The van der Waals surface area contributed by atoms with Crippen molar-refractivity contribution in [3.63, 3.8) is 0 Å². The number of carbonyl (C=O) groups is 4. The van der Waals surface area contributed by atoms with Gasteiger partial charge in [0.15, 0.2) is 11.7 Å². The Labute approximate surface area is 476 Å². The molecule has 3 N–H and O–H groups in total. The second-order valence-corrected chi connectivity index (χ2v) is 22.7. The Morgan fingerprint density at radius 2 is 1.36 bits per heavy atom. The molecule has 9 rings (SSSR count). The number of nitrogens with zero attached hydrogens (tertiary/aromatic N) is 5. The van der Waals surface area contributed by atoms with E-state index in [-0.39, 0.29) is 49.4 Å². The number of likely N-dealkylation sites (tertiary alicyclic amines) is 1. The number of ether oxygens (including phenoxy) is 2.